The Morgan fingerprint density at radius 2 is 2.16 bits per heavy atom. The molecule has 0 aliphatic carbocycles. The fourth-order valence-electron chi connectivity index (χ4n) is 2.22. The number of alkyl halides is 3. The molecule has 25 heavy (non-hydrogen) atoms. The number of nitrogens with zero attached hydrogens (tertiary/aromatic N) is 2. The Morgan fingerprint density at radius 1 is 1.40 bits per heavy atom. The molecule has 1 aromatic heterocycles. The number of amides is 1. The minimum absolute atomic E-state index is 0.258. The molecule has 1 unspecified atom stereocenters. The van der Waals surface area contributed by atoms with Gasteiger partial charge in [-0.3, -0.25) is 4.79 Å². The Kier molecular flexibility index (Phi) is 6.13. The standard InChI is InChI=1S/C16H17F4N3O2/c1-23-7-6-21-15(23)14(11-3-2-4-12(17)9-11)22-13(24)5-8-25-10-16(18,19)20/h2-4,6-7,9,14H,5,8,10H2,1H3,(H,22,24). The third-order valence-corrected chi connectivity index (χ3v) is 3.34. The number of rotatable bonds is 7. The number of imidazole rings is 1. The number of aromatic nitrogens is 2. The van der Waals surface area contributed by atoms with Crippen molar-refractivity contribution in [3.8, 4) is 0 Å². The quantitative estimate of drug-likeness (QED) is 0.611. The highest BCUT2D eigenvalue weighted by Crippen LogP contribution is 2.21. The molecule has 1 atom stereocenters. The average molecular weight is 359 g/mol. The molecule has 0 aliphatic heterocycles. The first-order valence-corrected chi connectivity index (χ1v) is 7.43. The van der Waals surface area contributed by atoms with E-state index < -0.39 is 30.5 Å². The first-order chi connectivity index (χ1) is 11.8. The van der Waals surface area contributed by atoms with Crippen LogP contribution < -0.4 is 5.32 Å². The zero-order valence-corrected chi connectivity index (χ0v) is 13.4. The van der Waals surface area contributed by atoms with Gasteiger partial charge in [0.1, 0.15) is 24.3 Å². The Morgan fingerprint density at radius 3 is 2.76 bits per heavy atom. The monoisotopic (exact) mass is 359 g/mol. The number of nitrogens with one attached hydrogen (secondary N) is 1. The molecule has 0 fully saturated rings. The van der Waals surface area contributed by atoms with E-state index in [9.17, 15) is 22.4 Å². The lowest BCUT2D eigenvalue weighted by molar-refractivity contribution is -0.174. The number of benzene rings is 1. The van der Waals surface area contributed by atoms with Crippen LogP contribution in [0.3, 0.4) is 0 Å². The third kappa shape index (κ3) is 5.86. The zero-order chi connectivity index (χ0) is 18.4. The molecule has 5 nitrogen and oxygen atoms in total. The normalized spacial score (nSPS) is 12.8. The maximum Gasteiger partial charge on any atom is 0.411 e. The zero-order valence-electron chi connectivity index (χ0n) is 13.4. The molecule has 0 radical (unpaired) electrons. The first-order valence-electron chi connectivity index (χ1n) is 7.43. The molecule has 0 bridgehead atoms. The molecular formula is C16H17F4N3O2. The molecule has 0 spiro atoms. The summed E-state index contributed by atoms with van der Waals surface area (Å²) in [6.07, 6.45) is -1.50. The van der Waals surface area contributed by atoms with Crippen molar-refractivity contribution in [3.63, 3.8) is 0 Å². The predicted molar refractivity (Wildman–Crippen MR) is 81.1 cm³/mol. The van der Waals surface area contributed by atoms with E-state index in [-0.39, 0.29) is 13.0 Å². The fourth-order valence-corrected chi connectivity index (χ4v) is 2.22. The summed E-state index contributed by atoms with van der Waals surface area (Å²) < 4.78 is 55.6. The van der Waals surface area contributed by atoms with Crippen molar-refractivity contribution in [1.29, 1.82) is 0 Å². The maximum atomic E-state index is 13.5. The Labute approximate surface area is 141 Å². The Hall–Kier alpha value is -2.42. The SMILES string of the molecule is Cn1ccnc1C(NC(=O)CCOCC(F)(F)F)c1cccc(F)c1. The molecule has 1 amide bonds. The number of carbonyl (C=O) groups excluding carboxylic acids is 1. The van der Waals surface area contributed by atoms with Crippen molar-refractivity contribution < 1.29 is 27.1 Å². The van der Waals surface area contributed by atoms with Gasteiger partial charge in [-0.2, -0.15) is 13.2 Å². The third-order valence-electron chi connectivity index (χ3n) is 3.34. The van der Waals surface area contributed by atoms with E-state index in [1.807, 2.05) is 0 Å². The number of aryl methyl sites for hydroxylation is 1. The topological polar surface area (TPSA) is 56.2 Å². The molecule has 2 aromatic rings. The summed E-state index contributed by atoms with van der Waals surface area (Å²) in [6, 6.07) is 4.93. The van der Waals surface area contributed by atoms with Crippen LogP contribution in [0.5, 0.6) is 0 Å². The molecule has 1 N–H and O–H groups in total. The van der Waals surface area contributed by atoms with Crippen LogP contribution in [0.4, 0.5) is 17.6 Å². The summed E-state index contributed by atoms with van der Waals surface area (Å²) in [5, 5.41) is 2.65. The number of ether oxygens (including phenoxy) is 1. The van der Waals surface area contributed by atoms with Gasteiger partial charge in [-0.15, -0.1) is 0 Å². The summed E-state index contributed by atoms with van der Waals surface area (Å²) in [6.45, 7) is -1.78. The Bertz CT molecular complexity index is 715. The number of carbonyl (C=O) groups is 1. The van der Waals surface area contributed by atoms with E-state index in [0.717, 1.165) is 0 Å². The molecule has 136 valence electrons. The second-order valence-corrected chi connectivity index (χ2v) is 5.37. The van der Waals surface area contributed by atoms with Crippen molar-refractivity contribution >= 4 is 5.91 Å². The Balaban J connectivity index is 2.04. The van der Waals surface area contributed by atoms with Crippen LogP contribution >= 0.6 is 0 Å². The van der Waals surface area contributed by atoms with Gasteiger partial charge in [0.15, 0.2) is 0 Å². The van der Waals surface area contributed by atoms with E-state index in [1.54, 1.807) is 23.9 Å². The average Bonchev–Trinajstić information content (AvgIpc) is 2.94. The molecule has 0 saturated heterocycles. The molecular weight excluding hydrogens is 342 g/mol. The van der Waals surface area contributed by atoms with Crippen molar-refractivity contribution in [2.75, 3.05) is 13.2 Å². The summed E-state index contributed by atoms with van der Waals surface area (Å²) in [4.78, 5) is 16.2. The van der Waals surface area contributed by atoms with Gasteiger partial charge in [-0.25, -0.2) is 9.37 Å². The van der Waals surface area contributed by atoms with Gasteiger partial charge in [0.25, 0.3) is 0 Å². The van der Waals surface area contributed by atoms with Gasteiger partial charge in [0, 0.05) is 25.9 Å². The lowest BCUT2D eigenvalue weighted by atomic mass is 10.1. The highest BCUT2D eigenvalue weighted by molar-refractivity contribution is 5.76. The van der Waals surface area contributed by atoms with Gasteiger partial charge in [0.05, 0.1) is 6.61 Å². The lowest BCUT2D eigenvalue weighted by Crippen LogP contribution is -2.32. The van der Waals surface area contributed by atoms with Crippen LogP contribution in [-0.2, 0) is 16.6 Å². The highest BCUT2D eigenvalue weighted by Gasteiger charge is 2.27. The molecule has 0 aliphatic rings. The van der Waals surface area contributed by atoms with Crippen LogP contribution in [-0.4, -0.2) is 34.8 Å². The molecule has 9 heteroatoms. The van der Waals surface area contributed by atoms with Crippen molar-refractivity contribution in [2.24, 2.45) is 7.05 Å². The van der Waals surface area contributed by atoms with E-state index in [4.69, 9.17) is 0 Å². The minimum Gasteiger partial charge on any atom is -0.372 e. The number of halogens is 4. The van der Waals surface area contributed by atoms with Crippen LogP contribution in [0.25, 0.3) is 0 Å². The smallest absolute Gasteiger partial charge is 0.372 e. The first kappa shape index (κ1) is 18.9. The largest absolute Gasteiger partial charge is 0.411 e. The van der Waals surface area contributed by atoms with Crippen LogP contribution in [0.2, 0.25) is 0 Å². The van der Waals surface area contributed by atoms with Gasteiger partial charge in [0.2, 0.25) is 5.91 Å². The second kappa shape index (κ2) is 8.11. The number of hydrogen-bond acceptors (Lipinski definition) is 3. The predicted octanol–water partition coefficient (Wildman–Crippen LogP) is 2.73. The lowest BCUT2D eigenvalue weighted by Gasteiger charge is -2.19. The van der Waals surface area contributed by atoms with E-state index in [0.29, 0.717) is 11.4 Å². The van der Waals surface area contributed by atoms with E-state index in [1.165, 1.54) is 24.4 Å². The van der Waals surface area contributed by atoms with Crippen LogP contribution in [0.1, 0.15) is 23.9 Å². The summed E-state index contributed by atoms with van der Waals surface area (Å²) >= 11 is 0. The molecule has 0 saturated carbocycles. The van der Waals surface area contributed by atoms with Crippen molar-refractivity contribution in [3.05, 3.63) is 53.9 Å². The van der Waals surface area contributed by atoms with Gasteiger partial charge in [-0.05, 0) is 17.7 Å². The number of hydrogen-bond donors (Lipinski definition) is 1. The van der Waals surface area contributed by atoms with Gasteiger partial charge < -0.3 is 14.6 Å². The fraction of sp³-hybridized carbons (Fsp3) is 0.375. The molecule has 2 rings (SSSR count). The summed E-state index contributed by atoms with van der Waals surface area (Å²) in [5.74, 6) is -0.533. The minimum atomic E-state index is -4.44. The maximum absolute atomic E-state index is 13.5. The van der Waals surface area contributed by atoms with Crippen molar-refractivity contribution in [1.82, 2.24) is 14.9 Å². The summed E-state index contributed by atoms with van der Waals surface area (Å²) in [7, 11) is 1.72. The van der Waals surface area contributed by atoms with Gasteiger partial charge >= 0.3 is 6.18 Å². The highest BCUT2D eigenvalue weighted by atomic mass is 19.4. The van der Waals surface area contributed by atoms with E-state index >= 15 is 0 Å². The van der Waals surface area contributed by atoms with Crippen LogP contribution in [0, 0.1) is 5.82 Å². The van der Waals surface area contributed by atoms with Gasteiger partial charge in [-0.1, -0.05) is 12.1 Å². The molecule has 1 heterocycles. The molecule has 1 aromatic carbocycles. The van der Waals surface area contributed by atoms with Crippen LogP contribution in [0.15, 0.2) is 36.7 Å². The second-order valence-electron chi connectivity index (χ2n) is 5.37. The van der Waals surface area contributed by atoms with Crippen molar-refractivity contribution in [2.45, 2.75) is 18.6 Å². The summed E-state index contributed by atoms with van der Waals surface area (Å²) in [5.41, 5.74) is 0.471. The van der Waals surface area contributed by atoms with E-state index in [2.05, 4.69) is 15.0 Å².